The van der Waals surface area contributed by atoms with Gasteiger partial charge in [-0.2, -0.15) is 0 Å². The van der Waals surface area contributed by atoms with Gasteiger partial charge in [-0.15, -0.1) is 0 Å². The average Bonchev–Trinajstić information content (AvgIpc) is 2.69. The van der Waals surface area contributed by atoms with Crippen LogP contribution in [0.15, 0.2) is 24.3 Å². The molecule has 1 fully saturated rings. The first-order valence-electron chi connectivity index (χ1n) is 6.52. The van der Waals surface area contributed by atoms with E-state index in [9.17, 15) is 13.6 Å². The van der Waals surface area contributed by atoms with E-state index in [0.717, 1.165) is 19.3 Å². The number of carbonyl (C=O) groups excluding carboxylic acids is 1. The highest BCUT2D eigenvalue weighted by Gasteiger charge is 2.46. The highest BCUT2D eigenvalue weighted by molar-refractivity contribution is 5.84. The highest BCUT2D eigenvalue weighted by Crippen LogP contribution is 2.49. The van der Waals surface area contributed by atoms with Crippen molar-refractivity contribution < 1.29 is 13.6 Å². The molecule has 3 rings (SSSR count). The number of aryl methyl sites for hydroxylation is 1. The van der Waals surface area contributed by atoms with E-state index in [1.807, 2.05) is 12.1 Å². The Morgan fingerprint density at radius 1 is 1.22 bits per heavy atom. The van der Waals surface area contributed by atoms with Gasteiger partial charge in [-0.3, -0.25) is 4.79 Å². The smallest absolute Gasteiger partial charge is 0.248 e. The normalized spacial score (nSPS) is 31.1. The van der Waals surface area contributed by atoms with E-state index in [1.54, 1.807) is 0 Å². The molecule has 1 aromatic carbocycles. The Kier molecular flexibility index (Phi) is 2.72. The first-order chi connectivity index (χ1) is 8.62. The Bertz CT molecular complexity index is 483. The van der Waals surface area contributed by atoms with Gasteiger partial charge in [0.25, 0.3) is 0 Å². The molecule has 1 spiro atoms. The van der Waals surface area contributed by atoms with Crippen molar-refractivity contribution in [2.45, 2.75) is 43.9 Å². The second-order valence-electron chi connectivity index (χ2n) is 5.56. The molecule has 2 aliphatic carbocycles. The van der Waals surface area contributed by atoms with Crippen LogP contribution < -0.4 is 0 Å². The van der Waals surface area contributed by atoms with Gasteiger partial charge in [0.2, 0.25) is 6.43 Å². The van der Waals surface area contributed by atoms with Crippen molar-refractivity contribution in [2.24, 2.45) is 5.92 Å². The second kappa shape index (κ2) is 4.15. The van der Waals surface area contributed by atoms with Crippen LogP contribution in [0.4, 0.5) is 8.78 Å². The lowest BCUT2D eigenvalue weighted by Crippen LogP contribution is -2.38. The third-order valence-corrected chi connectivity index (χ3v) is 4.63. The molecule has 0 radical (unpaired) electrons. The van der Waals surface area contributed by atoms with Crippen molar-refractivity contribution in [1.82, 2.24) is 0 Å². The van der Waals surface area contributed by atoms with Gasteiger partial charge in [0.15, 0.2) is 0 Å². The molecule has 0 amide bonds. The molecule has 1 aromatic rings. The summed E-state index contributed by atoms with van der Waals surface area (Å²) in [6.45, 7) is 0. The van der Waals surface area contributed by atoms with Crippen molar-refractivity contribution >= 4 is 5.78 Å². The molecular weight excluding hydrogens is 234 g/mol. The molecule has 0 bridgehead atoms. The summed E-state index contributed by atoms with van der Waals surface area (Å²) < 4.78 is 25.4. The lowest BCUT2D eigenvalue weighted by Gasteiger charge is -2.36. The zero-order valence-electron chi connectivity index (χ0n) is 10.2. The van der Waals surface area contributed by atoms with Crippen molar-refractivity contribution in [3.63, 3.8) is 0 Å². The van der Waals surface area contributed by atoms with Gasteiger partial charge in [-0.25, -0.2) is 8.78 Å². The Hall–Kier alpha value is -1.25. The van der Waals surface area contributed by atoms with Crippen LogP contribution in [-0.4, -0.2) is 12.2 Å². The molecule has 0 aromatic heterocycles. The molecule has 2 atom stereocenters. The van der Waals surface area contributed by atoms with Crippen molar-refractivity contribution in [1.29, 1.82) is 0 Å². The maximum atomic E-state index is 12.7. The number of fused-ring (bicyclic) bond motifs is 2. The van der Waals surface area contributed by atoms with E-state index in [4.69, 9.17) is 0 Å². The van der Waals surface area contributed by atoms with E-state index < -0.39 is 12.3 Å². The second-order valence-corrected chi connectivity index (χ2v) is 5.56. The first-order valence-corrected chi connectivity index (χ1v) is 6.52. The van der Waals surface area contributed by atoms with Gasteiger partial charge in [-0.05, 0) is 36.8 Å². The van der Waals surface area contributed by atoms with Gasteiger partial charge >= 0.3 is 0 Å². The third kappa shape index (κ3) is 1.68. The van der Waals surface area contributed by atoms with E-state index >= 15 is 0 Å². The van der Waals surface area contributed by atoms with Crippen LogP contribution in [0.3, 0.4) is 0 Å². The molecule has 0 saturated heterocycles. The molecule has 2 aliphatic rings. The SMILES string of the molecule is O=C1CC2(CCc3ccccc32)CCC1C(F)F. The number of halogens is 2. The number of alkyl halides is 2. The fourth-order valence-corrected chi connectivity index (χ4v) is 3.62. The summed E-state index contributed by atoms with van der Waals surface area (Å²) >= 11 is 0. The molecule has 18 heavy (non-hydrogen) atoms. The highest BCUT2D eigenvalue weighted by atomic mass is 19.3. The van der Waals surface area contributed by atoms with Gasteiger partial charge in [-0.1, -0.05) is 24.3 Å². The van der Waals surface area contributed by atoms with Gasteiger partial charge in [0.1, 0.15) is 5.78 Å². The zero-order valence-corrected chi connectivity index (χ0v) is 10.2. The lowest BCUT2D eigenvalue weighted by atomic mass is 9.67. The molecule has 1 saturated carbocycles. The van der Waals surface area contributed by atoms with Crippen LogP contribution in [0.2, 0.25) is 0 Å². The number of Topliss-reactive ketones (excluding diaryl/α,β-unsaturated/α-hetero) is 1. The molecule has 3 heteroatoms. The van der Waals surface area contributed by atoms with E-state index in [2.05, 4.69) is 12.1 Å². The Labute approximate surface area is 105 Å². The summed E-state index contributed by atoms with van der Waals surface area (Å²) in [5.74, 6) is -1.27. The number of hydrogen-bond acceptors (Lipinski definition) is 1. The van der Waals surface area contributed by atoms with Crippen LogP contribution >= 0.6 is 0 Å². The average molecular weight is 250 g/mol. The molecule has 0 N–H and O–H groups in total. The Balaban J connectivity index is 1.90. The fourth-order valence-electron chi connectivity index (χ4n) is 3.62. The molecule has 96 valence electrons. The van der Waals surface area contributed by atoms with Crippen molar-refractivity contribution in [2.75, 3.05) is 0 Å². The summed E-state index contributed by atoms with van der Waals surface area (Å²) in [7, 11) is 0. The summed E-state index contributed by atoms with van der Waals surface area (Å²) in [6, 6.07) is 8.14. The van der Waals surface area contributed by atoms with Crippen LogP contribution in [0.1, 0.15) is 36.8 Å². The Morgan fingerprint density at radius 2 is 2.00 bits per heavy atom. The van der Waals surface area contributed by atoms with Crippen LogP contribution in [0.5, 0.6) is 0 Å². The molecule has 1 nitrogen and oxygen atoms in total. The maximum absolute atomic E-state index is 12.7. The summed E-state index contributed by atoms with van der Waals surface area (Å²) in [5.41, 5.74) is 2.38. The molecule has 0 heterocycles. The monoisotopic (exact) mass is 250 g/mol. The fraction of sp³-hybridized carbons (Fsp3) is 0.533. The van der Waals surface area contributed by atoms with Crippen molar-refractivity contribution in [3.8, 4) is 0 Å². The van der Waals surface area contributed by atoms with Crippen LogP contribution in [0, 0.1) is 5.92 Å². The summed E-state index contributed by atoms with van der Waals surface area (Å²) in [4.78, 5) is 11.9. The number of rotatable bonds is 1. The predicted octanol–water partition coefficient (Wildman–Crippen LogP) is 3.50. The molecule has 2 unspecified atom stereocenters. The zero-order chi connectivity index (χ0) is 12.8. The minimum Gasteiger partial charge on any atom is -0.299 e. The van der Waals surface area contributed by atoms with E-state index in [1.165, 1.54) is 11.1 Å². The number of ketones is 1. The number of carbonyl (C=O) groups is 1. The minimum absolute atomic E-state index is 0.140. The van der Waals surface area contributed by atoms with Crippen LogP contribution in [0.25, 0.3) is 0 Å². The predicted molar refractivity (Wildman–Crippen MR) is 64.8 cm³/mol. The van der Waals surface area contributed by atoms with Gasteiger partial charge < -0.3 is 0 Å². The van der Waals surface area contributed by atoms with Gasteiger partial charge in [0, 0.05) is 11.8 Å². The number of benzene rings is 1. The molecule has 0 aliphatic heterocycles. The topological polar surface area (TPSA) is 17.1 Å². The van der Waals surface area contributed by atoms with E-state index in [-0.39, 0.29) is 11.2 Å². The third-order valence-electron chi connectivity index (χ3n) is 4.63. The quantitative estimate of drug-likeness (QED) is 0.745. The first kappa shape index (κ1) is 11.8. The molecular formula is C15H16F2O. The number of hydrogen-bond donors (Lipinski definition) is 0. The minimum atomic E-state index is -2.49. The summed E-state index contributed by atoms with van der Waals surface area (Å²) in [5, 5.41) is 0. The van der Waals surface area contributed by atoms with Crippen molar-refractivity contribution in [3.05, 3.63) is 35.4 Å². The summed E-state index contributed by atoms with van der Waals surface area (Å²) in [6.07, 6.45) is 0.789. The van der Waals surface area contributed by atoms with Crippen LogP contribution in [-0.2, 0) is 16.6 Å². The van der Waals surface area contributed by atoms with Gasteiger partial charge in [0.05, 0.1) is 5.92 Å². The lowest BCUT2D eigenvalue weighted by molar-refractivity contribution is -0.132. The largest absolute Gasteiger partial charge is 0.299 e. The standard InChI is InChI=1S/C15H16F2O/c16-14(17)11-6-8-15(9-13(11)18)7-5-10-3-1-2-4-12(10)15/h1-4,11,14H,5-9H2. The van der Waals surface area contributed by atoms with E-state index in [0.29, 0.717) is 12.8 Å². The Morgan fingerprint density at radius 3 is 2.72 bits per heavy atom. The maximum Gasteiger partial charge on any atom is 0.248 e.